The van der Waals surface area contributed by atoms with E-state index in [1.807, 2.05) is 0 Å². The van der Waals surface area contributed by atoms with Crippen LogP contribution in [0.2, 0.25) is 0 Å². The highest BCUT2D eigenvalue weighted by atomic mass is 16.1. The smallest absolute Gasteiger partial charge is 0.136 e. The van der Waals surface area contributed by atoms with Gasteiger partial charge in [-0.1, -0.05) is 0 Å². The molecule has 0 aliphatic heterocycles. The molecule has 8 heavy (non-hydrogen) atoms. The molecule has 2 heteroatoms. The van der Waals surface area contributed by atoms with Crippen LogP contribution in [-0.4, -0.2) is 12.3 Å². The lowest BCUT2D eigenvalue weighted by atomic mass is 10.2. The zero-order valence-electron chi connectivity index (χ0n) is 4.63. The van der Waals surface area contributed by atoms with Crippen molar-refractivity contribution in [2.75, 3.05) is 0 Å². The van der Waals surface area contributed by atoms with Crippen LogP contribution in [0.5, 0.6) is 0 Å². The summed E-state index contributed by atoms with van der Waals surface area (Å²) in [6.45, 7) is 0. The largest absolute Gasteiger partial charge is 0.322 e. The van der Waals surface area contributed by atoms with Gasteiger partial charge in [0.2, 0.25) is 0 Å². The molecule has 1 unspecified atom stereocenters. The number of carbonyl (C=O) groups excluding carboxylic acids is 1. The van der Waals surface area contributed by atoms with Crippen molar-refractivity contribution in [2.24, 2.45) is 5.73 Å². The maximum atomic E-state index is 9.82. The quantitative estimate of drug-likeness (QED) is 0.409. The first-order chi connectivity index (χ1) is 3.81. The molecule has 0 saturated carbocycles. The Morgan fingerprint density at radius 3 is 2.88 bits per heavy atom. The third-order valence-electron chi connectivity index (χ3n) is 0.797. The van der Waals surface area contributed by atoms with Crippen LogP contribution in [0.25, 0.3) is 0 Å². The molecule has 44 valence electrons. The van der Waals surface area contributed by atoms with Crippen LogP contribution in [0.1, 0.15) is 12.8 Å². The standard InChI is InChI=1S/C6H9NO/c1-2-3-4-6(7)5-8/h1,5-6H,3-4,7H2. The van der Waals surface area contributed by atoms with Gasteiger partial charge in [-0.25, -0.2) is 0 Å². The van der Waals surface area contributed by atoms with E-state index in [1.54, 1.807) is 0 Å². The van der Waals surface area contributed by atoms with Gasteiger partial charge in [0.15, 0.2) is 0 Å². The third kappa shape index (κ3) is 3.38. The Balaban J connectivity index is 3.13. The van der Waals surface area contributed by atoms with Crippen LogP contribution in [0.3, 0.4) is 0 Å². The van der Waals surface area contributed by atoms with Gasteiger partial charge in [-0.3, -0.25) is 0 Å². The van der Waals surface area contributed by atoms with Crippen LogP contribution in [0, 0.1) is 12.3 Å². The first kappa shape index (κ1) is 7.19. The predicted molar refractivity (Wildman–Crippen MR) is 32.1 cm³/mol. The summed E-state index contributed by atoms with van der Waals surface area (Å²) < 4.78 is 0. The molecule has 2 nitrogen and oxygen atoms in total. The molecule has 0 heterocycles. The van der Waals surface area contributed by atoms with Crippen LogP contribution in [-0.2, 0) is 4.79 Å². The number of hydrogen-bond acceptors (Lipinski definition) is 2. The van der Waals surface area contributed by atoms with Crippen molar-refractivity contribution in [3.8, 4) is 12.3 Å². The van der Waals surface area contributed by atoms with Gasteiger partial charge in [0.1, 0.15) is 6.29 Å². The summed E-state index contributed by atoms with van der Waals surface area (Å²) in [5.74, 6) is 2.39. The van der Waals surface area contributed by atoms with Gasteiger partial charge in [0.25, 0.3) is 0 Å². The first-order valence-electron chi connectivity index (χ1n) is 2.45. The maximum absolute atomic E-state index is 9.82. The minimum absolute atomic E-state index is 0.369. The average Bonchev–Trinajstić information content (AvgIpc) is 1.83. The molecule has 0 saturated heterocycles. The zero-order valence-corrected chi connectivity index (χ0v) is 4.63. The van der Waals surface area contributed by atoms with Gasteiger partial charge >= 0.3 is 0 Å². The molecule has 1 atom stereocenters. The molecular formula is C6H9NO. The molecule has 0 aliphatic carbocycles. The zero-order chi connectivity index (χ0) is 6.41. The van der Waals surface area contributed by atoms with Crippen molar-refractivity contribution in [1.29, 1.82) is 0 Å². The van der Waals surface area contributed by atoms with Gasteiger partial charge in [-0.15, -0.1) is 12.3 Å². The molecule has 0 rings (SSSR count). The molecule has 0 aliphatic rings. The van der Waals surface area contributed by atoms with Crippen molar-refractivity contribution in [2.45, 2.75) is 18.9 Å². The third-order valence-corrected chi connectivity index (χ3v) is 0.797. The predicted octanol–water partition coefficient (Wildman–Crippen LogP) is -0.0740. The van der Waals surface area contributed by atoms with E-state index in [-0.39, 0.29) is 6.04 Å². The van der Waals surface area contributed by atoms with Gasteiger partial charge in [-0.05, 0) is 6.42 Å². The molecular weight excluding hydrogens is 102 g/mol. The summed E-state index contributed by atoms with van der Waals surface area (Å²) >= 11 is 0. The number of hydrogen-bond donors (Lipinski definition) is 1. The molecule has 2 N–H and O–H groups in total. The van der Waals surface area contributed by atoms with E-state index >= 15 is 0 Å². The van der Waals surface area contributed by atoms with Gasteiger partial charge in [0.05, 0.1) is 6.04 Å². The Kier molecular flexibility index (Phi) is 3.91. The summed E-state index contributed by atoms with van der Waals surface area (Å²) in [4.78, 5) is 9.82. The van der Waals surface area contributed by atoms with Crippen LogP contribution < -0.4 is 5.73 Å². The second-order valence-electron chi connectivity index (χ2n) is 1.54. The minimum Gasteiger partial charge on any atom is -0.322 e. The molecule has 0 spiro atoms. The lowest BCUT2D eigenvalue weighted by Crippen LogP contribution is -2.20. The van der Waals surface area contributed by atoms with E-state index in [9.17, 15) is 4.79 Å². The Hall–Kier alpha value is -0.810. The SMILES string of the molecule is C#CCCC(N)C=O. The Morgan fingerprint density at radius 2 is 2.50 bits per heavy atom. The van der Waals surface area contributed by atoms with Crippen LogP contribution in [0.4, 0.5) is 0 Å². The summed E-state index contributed by atoms with van der Waals surface area (Å²) in [7, 11) is 0. The molecule has 0 fully saturated rings. The molecule has 0 aromatic rings. The summed E-state index contributed by atoms with van der Waals surface area (Å²) in [6.07, 6.45) is 6.80. The lowest BCUT2D eigenvalue weighted by molar-refractivity contribution is -0.109. The summed E-state index contributed by atoms with van der Waals surface area (Å²) in [5.41, 5.74) is 5.20. The van der Waals surface area contributed by atoms with Crippen LogP contribution >= 0.6 is 0 Å². The number of terminal acetylenes is 1. The van der Waals surface area contributed by atoms with Gasteiger partial charge in [0, 0.05) is 6.42 Å². The highest BCUT2D eigenvalue weighted by molar-refractivity contribution is 5.56. The van der Waals surface area contributed by atoms with E-state index < -0.39 is 0 Å². The van der Waals surface area contributed by atoms with Crippen LogP contribution in [0.15, 0.2) is 0 Å². The number of aldehydes is 1. The maximum Gasteiger partial charge on any atom is 0.136 e. The van der Waals surface area contributed by atoms with Crippen molar-refractivity contribution >= 4 is 6.29 Å². The van der Waals surface area contributed by atoms with Crippen molar-refractivity contribution in [3.63, 3.8) is 0 Å². The fourth-order valence-corrected chi connectivity index (χ4v) is 0.318. The molecule has 0 aromatic heterocycles. The Morgan fingerprint density at radius 1 is 1.88 bits per heavy atom. The molecule has 0 aromatic carbocycles. The monoisotopic (exact) mass is 111 g/mol. The summed E-state index contributed by atoms with van der Waals surface area (Å²) in [5, 5.41) is 0. The molecule has 0 radical (unpaired) electrons. The number of carbonyl (C=O) groups is 1. The van der Waals surface area contributed by atoms with E-state index in [0.717, 1.165) is 0 Å². The highest BCUT2D eigenvalue weighted by Gasteiger charge is 1.94. The average molecular weight is 111 g/mol. The Labute approximate surface area is 49.1 Å². The number of rotatable bonds is 3. The molecule has 0 amide bonds. The normalized spacial score (nSPS) is 12.0. The molecule has 0 bridgehead atoms. The summed E-state index contributed by atoms with van der Waals surface area (Å²) in [6, 6.07) is -0.369. The van der Waals surface area contributed by atoms with E-state index in [4.69, 9.17) is 12.2 Å². The first-order valence-corrected chi connectivity index (χ1v) is 2.45. The highest BCUT2D eigenvalue weighted by Crippen LogP contribution is 1.87. The fraction of sp³-hybridized carbons (Fsp3) is 0.500. The number of nitrogens with two attached hydrogens (primary N) is 1. The van der Waals surface area contributed by atoms with Gasteiger partial charge in [-0.2, -0.15) is 0 Å². The van der Waals surface area contributed by atoms with Crippen molar-refractivity contribution in [1.82, 2.24) is 0 Å². The van der Waals surface area contributed by atoms with E-state index in [2.05, 4.69) is 5.92 Å². The van der Waals surface area contributed by atoms with Crippen molar-refractivity contribution in [3.05, 3.63) is 0 Å². The second-order valence-corrected chi connectivity index (χ2v) is 1.54. The minimum atomic E-state index is -0.369. The van der Waals surface area contributed by atoms with Gasteiger partial charge < -0.3 is 10.5 Å². The second kappa shape index (κ2) is 4.35. The fourth-order valence-electron chi connectivity index (χ4n) is 0.318. The topological polar surface area (TPSA) is 43.1 Å². The Bertz CT molecular complexity index is 104. The van der Waals surface area contributed by atoms with Crippen molar-refractivity contribution < 1.29 is 4.79 Å². The van der Waals surface area contributed by atoms with E-state index in [1.165, 1.54) is 0 Å². The lowest BCUT2D eigenvalue weighted by Gasteiger charge is -1.95. The van der Waals surface area contributed by atoms with E-state index in [0.29, 0.717) is 19.1 Å².